The highest BCUT2D eigenvalue weighted by molar-refractivity contribution is 6.32. The number of primary amides is 1. The first-order valence-electron chi connectivity index (χ1n) is 6.88. The minimum atomic E-state index is -2.90. The van der Waals surface area contributed by atoms with Crippen LogP contribution in [-0.2, 0) is 0 Å². The van der Waals surface area contributed by atoms with Crippen molar-refractivity contribution in [2.75, 3.05) is 0 Å². The van der Waals surface area contributed by atoms with E-state index < -0.39 is 18.0 Å². The number of aromatic nitrogens is 3. The Balaban J connectivity index is 2.37. The van der Waals surface area contributed by atoms with Gasteiger partial charge in [0.05, 0.1) is 5.02 Å². The molecule has 8 heteroatoms. The molecule has 1 amide bonds. The molecule has 2 aromatic heterocycles. The van der Waals surface area contributed by atoms with Gasteiger partial charge in [-0.25, -0.2) is 18.4 Å². The summed E-state index contributed by atoms with van der Waals surface area (Å²) in [5.74, 6) is -0.855. The summed E-state index contributed by atoms with van der Waals surface area (Å²) in [5, 5.41) is 4.01. The van der Waals surface area contributed by atoms with Gasteiger partial charge in [0.1, 0.15) is 11.4 Å². The molecule has 3 rings (SSSR count). The number of carbonyl (C=O) groups is 1. The largest absolute Gasteiger partial charge is 0.364 e. The number of benzene rings is 1. The van der Waals surface area contributed by atoms with Gasteiger partial charge in [0.15, 0.2) is 5.82 Å². The monoisotopic (exact) mass is 348 g/mol. The second-order valence-electron chi connectivity index (χ2n) is 4.86. The summed E-state index contributed by atoms with van der Waals surface area (Å²) in [7, 11) is 0. The van der Waals surface area contributed by atoms with Gasteiger partial charge in [-0.3, -0.25) is 4.79 Å². The third kappa shape index (κ3) is 2.74. The number of halogens is 3. The summed E-state index contributed by atoms with van der Waals surface area (Å²) in [4.78, 5) is 16.0. The molecule has 0 saturated heterocycles. The van der Waals surface area contributed by atoms with E-state index in [0.717, 1.165) is 4.68 Å². The quantitative estimate of drug-likeness (QED) is 0.782. The van der Waals surface area contributed by atoms with Gasteiger partial charge >= 0.3 is 0 Å². The molecule has 0 fully saturated rings. The third-order valence-electron chi connectivity index (χ3n) is 3.35. The highest BCUT2D eigenvalue weighted by Crippen LogP contribution is 2.35. The molecule has 24 heavy (non-hydrogen) atoms. The molecule has 1 aromatic carbocycles. The number of hydrogen-bond donors (Lipinski definition) is 1. The van der Waals surface area contributed by atoms with Crippen LogP contribution in [0.2, 0.25) is 5.02 Å². The molecular formula is C16H11ClF2N4O. The Kier molecular flexibility index (Phi) is 4.26. The molecule has 122 valence electrons. The predicted molar refractivity (Wildman–Crippen MR) is 85.3 cm³/mol. The minimum absolute atomic E-state index is 0.0279. The van der Waals surface area contributed by atoms with Crippen molar-refractivity contribution < 1.29 is 13.6 Å². The van der Waals surface area contributed by atoms with Gasteiger partial charge in [-0.1, -0.05) is 41.9 Å². The lowest BCUT2D eigenvalue weighted by Crippen LogP contribution is -2.18. The molecule has 0 atom stereocenters. The normalized spacial score (nSPS) is 11.0. The maximum absolute atomic E-state index is 13.5. The Bertz CT molecular complexity index is 896. The van der Waals surface area contributed by atoms with Crippen LogP contribution in [0.3, 0.4) is 0 Å². The van der Waals surface area contributed by atoms with Crippen molar-refractivity contribution in [3.8, 4) is 16.9 Å². The molecule has 0 unspecified atom stereocenters. The third-order valence-corrected chi connectivity index (χ3v) is 3.65. The number of rotatable bonds is 4. The number of pyridine rings is 1. The van der Waals surface area contributed by atoms with Gasteiger partial charge in [0, 0.05) is 11.8 Å². The van der Waals surface area contributed by atoms with Crippen molar-refractivity contribution in [1.82, 2.24) is 14.8 Å². The second kappa shape index (κ2) is 6.37. The Morgan fingerprint density at radius 1 is 1.17 bits per heavy atom. The van der Waals surface area contributed by atoms with E-state index in [2.05, 4.69) is 10.1 Å². The van der Waals surface area contributed by atoms with E-state index in [1.54, 1.807) is 36.4 Å². The molecule has 0 bridgehead atoms. The molecule has 0 radical (unpaired) electrons. The van der Waals surface area contributed by atoms with E-state index in [0.29, 0.717) is 5.56 Å². The zero-order valence-electron chi connectivity index (χ0n) is 12.2. The van der Waals surface area contributed by atoms with Gasteiger partial charge in [0.25, 0.3) is 12.3 Å². The molecule has 0 aliphatic rings. The van der Waals surface area contributed by atoms with Crippen LogP contribution in [0.5, 0.6) is 0 Å². The summed E-state index contributed by atoms with van der Waals surface area (Å²) in [6, 6.07) is 11.3. The zero-order chi connectivity index (χ0) is 17.3. The fourth-order valence-electron chi connectivity index (χ4n) is 2.39. The average molecular weight is 349 g/mol. The average Bonchev–Trinajstić information content (AvgIpc) is 2.97. The fourth-order valence-corrected chi connectivity index (χ4v) is 2.59. The SMILES string of the molecule is NC(=O)c1c(-c2ccccc2)c(C(F)F)nn1-c1ncccc1Cl. The van der Waals surface area contributed by atoms with Crippen LogP contribution in [0.15, 0.2) is 48.7 Å². The van der Waals surface area contributed by atoms with E-state index in [-0.39, 0.29) is 22.1 Å². The lowest BCUT2D eigenvalue weighted by atomic mass is 10.0. The van der Waals surface area contributed by atoms with E-state index in [1.165, 1.54) is 12.3 Å². The molecule has 5 nitrogen and oxygen atoms in total. The Morgan fingerprint density at radius 3 is 2.46 bits per heavy atom. The Morgan fingerprint density at radius 2 is 1.88 bits per heavy atom. The summed E-state index contributed by atoms with van der Waals surface area (Å²) in [6.45, 7) is 0. The van der Waals surface area contributed by atoms with Gasteiger partial charge in [-0.15, -0.1) is 0 Å². The standard InChI is InChI=1S/C16H11ClF2N4O/c17-10-7-4-8-21-16(10)23-13(15(20)24)11(12(22-23)14(18)19)9-5-2-1-3-6-9/h1-8,14H,(H2,20,24). The number of carbonyl (C=O) groups excluding carboxylic acids is 1. The van der Waals surface area contributed by atoms with Crippen LogP contribution >= 0.6 is 11.6 Å². The molecular weight excluding hydrogens is 338 g/mol. The summed E-state index contributed by atoms with van der Waals surface area (Å²) in [5.41, 5.74) is 5.06. The first-order valence-corrected chi connectivity index (χ1v) is 7.25. The van der Waals surface area contributed by atoms with E-state index in [1.807, 2.05) is 0 Å². The number of alkyl halides is 2. The first-order chi connectivity index (χ1) is 11.5. The van der Waals surface area contributed by atoms with Gasteiger partial charge < -0.3 is 5.73 Å². The minimum Gasteiger partial charge on any atom is -0.364 e. The van der Waals surface area contributed by atoms with Crippen molar-refractivity contribution >= 4 is 17.5 Å². The smallest absolute Gasteiger partial charge is 0.282 e. The van der Waals surface area contributed by atoms with E-state index in [9.17, 15) is 13.6 Å². The van der Waals surface area contributed by atoms with E-state index >= 15 is 0 Å². The van der Waals surface area contributed by atoms with Crippen LogP contribution in [-0.4, -0.2) is 20.7 Å². The summed E-state index contributed by atoms with van der Waals surface area (Å²) in [6.07, 6.45) is -1.49. The molecule has 0 spiro atoms. The van der Waals surface area contributed by atoms with Crippen molar-refractivity contribution in [2.45, 2.75) is 6.43 Å². The molecule has 2 N–H and O–H groups in total. The number of hydrogen-bond acceptors (Lipinski definition) is 3. The van der Waals surface area contributed by atoms with Crippen molar-refractivity contribution in [3.63, 3.8) is 0 Å². The molecule has 0 aliphatic carbocycles. The Hall–Kier alpha value is -2.80. The van der Waals surface area contributed by atoms with Gasteiger partial charge in [-0.2, -0.15) is 5.10 Å². The summed E-state index contributed by atoms with van der Waals surface area (Å²) < 4.78 is 28.0. The van der Waals surface area contributed by atoms with Crippen LogP contribution in [0.4, 0.5) is 8.78 Å². The van der Waals surface area contributed by atoms with Crippen LogP contribution in [0.25, 0.3) is 16.9 Å². The number of nitrogens with zero attached hydrogens (tertiary/aromatic N) is 3. The number of nitrogens with two attached hydrogens (primary N) is 1. The van der Waals surface area contributed by atoms with Crippen LogP contribution in [0, 0.1) is 0 Å². The predicted octanol–water partition coefficient (Wildman–Crippen LogP) is 3.62. The molecule has 3 aromatic rings. The Labute approximate surface area is 140 Å². The summed E-state index contributed by atoms with van der Waals surface area (Å²) >= 11 is 6.06. The lowest BCUT2D eigenvalue weighted by Gasteiger charge is -2.07. The highest BCUT2D eigenvalue weighted by Gasteiger charge is 2.29. The van der Waals surface area contributed by atoms with Gasteiger partial charge in [-0.05, 0) is 17.7 Å². The molecule has 2 heterocycles. The topological polar surface area (TPSA) is 73.8 Å². The lowest BCUT2D eigenvalue weighted by molar-refractivity contribution is 0.0993. The van der Waals surface area contributed by atoms with E-state index in [4.69, 9.17) is 17.3 Å². The maximum atomic E-state index is 13.5. The van der Waals surface area contributed by atoms with Gasteiger partial charge in [0.2, 0.25) is 0 Å². The molecule has 0 aliphatic heterocycles. The highest BCUT2D eigenvalue weighted by atomic mass is 35.5. The molecule has 0 saturated carbocycles. The van der Waals surface area contributed by atoms with Crippen molar-refractivity contribution in [2.24, 2.45) is 5.73 Å². The zero-order valence-corrected chi connectivity index (χ0v) is 12.9. The van der Waals surface area contributed by atoms with Crippen molar-refractivity contribution in [1.29, 1.82) is 0 Å². The first kappa shape index (κ1) is 16.1. The van der Waals surface area contributed by atoms with Crippen LogP contribution < -0.4 is 5.73 Å². The second-order valence-corrected chi connectivity index (χ2v) is 5.27. The fraction of sp³-hybridized carbons (Fsp3) is 0.0625. The van der Waals surface area contributed by atoms with Crippen molar-refractivity contribution in [3.05, 3.63) is 65.1 Å². The number of amides is 1. The maximum Gasteiger partial charge on any atom is 0.282 e. The van der Waals surface area contributed by atoms with Crippen LogP contribution in [0.1, 0.15) is 22.6 Å².